The Morgan fingerprint density at radius 1 is 0.690 bits per heavy atom. The molecule has 4 amide bonds. The molecule has 0 bridgehead atoms. The Morgan fingerprint density at radius 3 is 1.60 bits per heavy atom. The van der Waals surface area contributed by atoms with E-state index in [1.807, 2.05) is 14.1 Å². The van der Waals surface area contributed by atoms with Gasteiger partial charge < -0.3 is 39.1 Å². The van der Waals surface area contributed by atoms with Crippen LogP contribution in [-0.4, -0.2) is 74.0 Å². The number of nitrogens with two attached hydrogens (primary N) is 1. The van der Waals surface area contributed by atoms with Crippen LogP contribution < -0.4 is 21.3 Å². The standard InChI is InChI=1S/C29H37N9O4/c1-34(2)11-8-10-30-26(39)23-13-19(16-36(23)4)32-28(41)25-15-21(18-38(25)6)33-29(42)24-14-20(17-37(24)5)31-27(40)22-9-7-12-35(22)3/h7,9,12-18H,8,10-11H2,1-6H3,(H,30,39)(H,31,40)(H,32,41)(H,33,42)/p+1. The van der Waals surface area contributed by atoms with Crippen molar-refractivity contribution < 1.29 is 24.5 Å². The van der Waals surface area contributed by atoms with Crippen LogP contribution in [0.25, 0.3) is 0 Å². The van der Waals surface area contributed by atoms with Crippen molar-refractivity contribution in [2.24, 2.45) is 28.2 Å². The van der Waals surface area contributed by atoms with Gasteiger partial charge in [0.1, 0.15) is 22.8 Å². The highest BCUT2D eigenvalue weighted by atomic mass is 16.2. The smallest absolute Gasteiger partial charge is 0.347 e. The second-order valence-corrected chi connectivity index (χ2v) is 10.6. The SMILES string of the molecule is CN(C)CCC[NH2+]C(=O)c1cc(NC(=O)c2cc(NC(=O)c3cc(NC(=O)c4cccn4C)cn3C)cn2C)cn1C. The molecule has 0 aliphatic carbocycles. The molecule has 4 aromatic heterocycles. The van der Waals surface area contributed by atoms with Gasteiger partial charge in [0, 0.05) is 65.9 Å². The van der Waals surface area contributed by atoms with Gasteiger partial charge in [0.05, 0.1) is 23.6 Å². The summed E-state index contributed by atoms with van der Waals surface area (Å²) in [7, 11) is 10.9. The van der Waals surface area contributed by atoms with Gasteiger partial charge in [-0.25, -0.2) is 4.79 Å². The summed E-state index contributed by atoms with van der Waals surface area (Å²) >= 11 is 0. The summed E-state index contributed by atoms with van der Waals surface area (Å²) in [5.41, 5.74) is 3.03. The van der Waals surface area contributed by atoms with Gasteiger partial charge in [-0.2, -0.15) is 0 Å². The first-order valence-corrected chi connectivity index (χ1v) is 13.5. The Balaban J connectivity index is 1.37. The van der Waals surface area contributed by atoms with Gasteiger partial charge in [0.25, 0.3) is 17.7 Å². The second-order valence-electron chi connectivity index (χ2n) is 10.6. The van der Waals surface area contributed by atoms with Crippen molar-refractivity contribution in [2.45, 2.75) is 6.42 Å². The van der Waals surface area contributed by atoms with Gasteiger partial charge >= 0.3 is 5.91 Å². The number of nitrogens with zero attached hydrogens (tertiary/aromatic N) is 5. The fraction of sp³-hybridized carbons (Fsp3) is 0.310. The molecule has 0 spiro atoms. The molecule has 4 aromatic rings. The quantitative estimate of drug-likeness (QED) is 0.200. The molecule has 42 heavy (non-hydrogen) atoms. The summed E-state index contributed by atoms with van der Waals surface area (Å²) < 4.78 is 6.61. The molecule has 13 nitrogen and oxygen atoms in total. The van der Waals surface area contributed by atoms with Gasteiger partial charge in [-0.1, -0.05) is 0 Å². The lowest BCUT2D eigenvalue weighted by Gasteiger charge is -2.07. The predicted octanol–water partition coefficient (Wildman–Crippen LogP) is 1.45. The van der Waals surface area contributed by atoms with Crippen molar-refractivity contribution in [3.8, 4) is 0 Å². The van der Waals surface area contributed by atoms with Crippen LogP contribution in [0.3, 0.4) is 0 Å². The Bertz CT molecular complexity index is 1620. The fourth-order valence-electron chi connectivity index (χ4n) is 4.62. The number of hydrogen-bond acceptors (Lipinski definition) is 5. The van der Waals surface area contributed by atoms with E-state index in [2.05, 4.69) is 20.9 Å². The van der Waals surface area contributed by atoms with Crippen molar-refractivity contribution in [1.29, 1.82) is 0 Å². The van der Waals surface area contributed by atoms with Crippen molar-refractivity contribution in [3.05, 3.63) is 77.9 Å². The molecule has 4 rings (SSSR count). The number of aromatic nitrogens is 4. The second kappa shape index (κ2) is 12.7. The molecule has 222 valence electrons. The lowest BCUT2D eigenvalue weighted by atomic mass is 10.3. The first-order chi connectivity index (χ1) is 19.9. The number of hydrogen-bond donors (Lipinski definition) is 4. The van der Waals surface area contributed by atoms with Crippen molar-refractivity contribution in [2.75, 3.05) is 43.1 Å². The molecule has 0 radical (unpaired) electrons. The van der Waals surface area contributed by atoms with Crippen LogP contribution in [0.1, 0.15) is 48.4 Å². The predicted molar refractivity (Wildman–Crippen MR) is 160 cm³/mol. The number of nitrogens with one attached hydrogen (secondary N) is 3. The van der Waals surface area contributed by atoms with E-state index in [0.717, 1.165) is 13.0 Å². The third kappa shape index (κ3) is 7.06. The zero-order chi connectivity index (χ0) is 30.6. The summed E-state index contributed by atoms with van der Waals surface area (Å²) in [5, 5.41) is 10.1. The maximum absolute atomic E-state index is 13.1. The zero-order valence-corrected chi connectivity index (χ0v) is 24.8. The molecule has 0 fully saturated rings. The number of carbonyl (C=O) groups is 4. The topological polar surface area (TPSA) is 144 Å². The van der Waals surface area contributed by atoms with Crippen LogP contribution in [0, 0.1) is 0 Å². The highest BCUT2D eigenvalue weighted by Gasteiger charge is 2.20. The van der Waals surface area contributed by atoms with Crippen molar-refractivity contribution in [1.82, 2.24) is 23.2 Å². The normalized spacial score (nSPS) is 11.1. The van der Waals surface area contributed by atoms with Crippen LogP contribution in [0.2, 0.25) is 0 Å². The molecule has 0 atom stereocenters. The van der Waals surface area contributed by atoms with E-state index in [1.54, 1.807) is 107 Å². The number of rotatable bonds is 11. The minimum absolute atomic E-state index is 0.0935. The molecule has 0 aliphatic heterocycles. The maximum atomic E-state index is 13.1. The van der Waals surface area contributed by atoms with E-state index in [0.29, 0.717) is 46.4 Å². The van der Waals surface area contributed by atoms with Crippen LogP contribution >= 0.6 is 0 Å². The minimum Gasteiger partial charge on any atom is -0.347 e. The highest BCUT2D eigenvalue weighted by molar-refractivity contribution is 6.08. The van der Waals surface area contributed by atoms with E-state index < -0.39 is 5.91 Å². The number of primary amides is 1. The minimum atomic E-state index is -0.400. The van der Waals surface area contributed by atoms with Crippen molar-refractivity contribution >= 4 is 40.7 Å². The van der Waals surface area contributed by atoms with Crippen LogP contribution in [0.15, 0.2) is 55.1 Å². The van der Waals surface area contributed by atoms with Gasteiger partial charge in [0.2, 0.25) is 0 Å². The van der Waals surface area contributed by atoms with E-state index in [9.17, 15) is 19.2 Å². The Hall–Kier alpha value is -4.88. The first kappa shape index (κ1) is 30.1. The average molecular weight is 577 g/mol. The van der Waals surface area contributed by atoms with Gasteiger partial charge in [-0.15, -0.1) is 0 Å². The molecule has 0 aromatic carbocycles. The van der Waals surface area contributed by atoms with Crippen molar-refractivity contribution in [3.63, 3.8) is 0 Å². The summed E-state index contributed by atoms with van der Waals surface area (Å²) in [6.07, 6.45) is 7.64. The third-order valence-electron chi connectivity index (χ3n) is 6.82. The lowest BCUT2D eigenvalue weighted by Crippen LogP contribution is -2.88. The van der Waals surface area contributed by atoms with Crippen LogP contribution in [0.4, 0.5) is 17.1 Å². The fourth-order valence-corrected chi connectivity index (χ4v) is 4.62. The lowest BCUT2D eigenvalue weighted by molar-refractivity contribution is -0.555. The highest BCUT2D eigenvalue weighted by Crippen LogP contribution is 2.20. The number of aryl methyl sites for hydroxylation is 4. The Morgan fingerprint density at radius 2 is 1.14 bits per heavy atom. The molecule has 13 heteroatoms. The molecule has 4 heterocycles. The zero-order valence-electron chi connectivity index (χ0n) is 24.8. The largest absolute Gasteiger partial charge is 0.359 e. The average Bonchev–Trinajstić information content (AvgIpc) is 3.68. The number of amides is 4. The van der Waals surface area contributed by atoms with Gasteiger partial charge in [-0.05, 0) is 44.4 Å². The monoisotopic (exact) mass is 576 g/mol. The van der Waals surface area contributed by atoms with Gasteiger partial charge in [-0.3, -0.25) is 19.7 Å². The molecular formula is C29H38N9O4+. The summed E-state index contributed by atoms with van der Waals surface area (Å²) in [4.78, 5) is 53.3. The Labute approximate surface area is 244 Å². The molecule has 5 N–H and O–H groups in total. The molecule has 0 saturated carbocycles. The number of anilines is 3. The summed E-state index contributed by atoms with van der Waals surface area (Å²) in [5.74, 6) is -1.17. The van der Waals surface area contributed by atoms with Crippen LogP contribution in [0.5, 0.6) is 0 Å². The van der Waals surface area contributed by atoms with E-state index in [1.165, 1.54) is 0 Å². The van der Waals surface area contributed by atoms with Crippen LogP contribution in [-0.2, 0) is 28.2 Å². The van der Waals surface area contributed by atoms with E-state index in [4.69, 9.17) is 0 Å². The third-order valence-corrected chi connectivity index (χ3v) is 6.82. The Kier molecular flexibility index (Phi) is 9.13. The van der Waals surface area contributed by atoms with E-state index >= 15 is 0 Å². The molecule has 0 saturated heterocycles. The number of quaternary nitrogens is 1. The van der Waals surface area contributed by atoms with E-state index in [-0.39, 0.29) is 17.7 Å². The molecular weight excluding hydrogens is 538 g/mol. The summed E-state index contributed by atoms with van der Waals surface area (Å²) in [6.45, 7) is 1.57. The first-order valence-electron chi connectivity index (χ1n) is 13.5. The summed E-state index contributed by atoms with van der Waals surface area (Å²) in [6, 6.07) is 8.29. The molecule has 0 aliphatic rings. The maximum Gasteiger partial charge on any atom is 0.359 e. The van der Waals surface area contributed by atoms with Gasteiger partial charge in [0.15, 0.2) is 0 Å². The number of carbonyl (C=O) groups excluding carboxylic acids is 4. The molecule has 0 unspecified atom stereocenters.